The highest BCUT2D eigenvalue weighted by molar-refractivity contribution is 9.10. The van der Waals surface area contributed by atoms with E-state index in [4.69, 9.17) is 0 Å². The van der Waals surface area contributed by atoms with Gasteiger partial charge in [-0.25, -0.2) is 0 Å². The van der Waals surface area contributed by atoms with Crippen LogP contribution in [0.4, 0.5) is 0 Å². The van der Waals surface area contributed by atoms with Crippen molar-refractivity contribution in [3.05, 3.63) is 35.4 Å². The van der Waals surface area contributed by atoms with Gasteiger partial charge in [0.1, 0.15) is 0 Å². The maximum absolute atomic E-state index is 12.0. The summed E-state index contributed by atoms with van der Waals surface area (Å²) in [5, 5.41) is 0. The molecule has 0 amide bonds. The van der Waals surface area contributed by atoms with E-state index in [2.05, 4.69) is 36.7 Å². The van der Waals surface area contributed by atoms with Gasteiger partial charge in [-0.2, -0.15) is 0 Å². The molecule has 0 aliphatic rings. The van der Waals surface area contributed by atoms with Crippen LogP contribution >= 0.6 is 15.9 Å². The molecule has 1 unspecified atom stereocenters. The summed E-state index contributed by atoms with van der Waals surface area (Å²) >= 11 is 3.33. The van der Waals surface area contributed by atoms with Gasteiger partial charge in [0.2, 0.25) is 0 Å². The number of hydrogen-bond donors (Lipinski definition) is 0. The van der Waals surface area contributed by atoms with Crippen LogP contribution in [0.15, 0.2) is 24.3 Å². The van der Waals surface area contributed by atoms with Crippen molar-refractivity contribution in [3.8, 4) is 0 Å². The zero-order valence-corrected chi connectivity index (χ0v) is 11.3. The molecule has 0 spiro atoms. The van der Waals surface area contributed by atoms with Gasteiger partial charge < -0.3 is 0 Å². The van der Waals surface area contributed by atoms with E-state index in [0.717, 1.165) is 11.1 Å². The first-order chi connectivity index (χ1) is 6.84. The van der Waals surface area contributed by atoms with Crippen LogP contribution in [-0.4, -0.2) is 10.6 Å². The first-order valence-corrected chi connectivity index (χ1v) is 6.03. The zero-order valence-electron chi connectivity index (χ0n) is 9.67. The molecule has 15 heavy (non-hydrogen) atoms. The highest BCUT2D eigenvalue weighted by atomic mass is 79.9. The smallest absolute Gasteiger partial charge is 0.176 e. The third-order valence-corrected chi connectivity index (χ3v) is 2.78. The molecule has 1 aromatic carbocycles. The first-order valence-electron chi connectivity index (χ1n) is 5.12. The lowest BCUT2D eigenvalue weighted by atomic mass is 9.82. The van der Waals surface area contributed by atoms with Crippen molar-refractivity contribution in [2.75, 3.05) is 0 Å². The van der Waals surface area contributed by atoms with Gasteiger partial charge in [0.15, 0.2) is 5.78 Å². The predicted molar refractivity (Wildman–Crippen MR) is 67.9 cm³/mol. The van der Waals surface area contributed by atoms with Crippen molar-refractivity contribution in [1.29, 1.82) is 0 Å². The van der Waals surface area contributed by atoms with E-state index < -0.39 is 0 Å². The van der Waals surface area contributed by atoms with Gasteiger partial charge in [-0.15, -0.1) is 0 Å². The molecule has 0 aliphatic carbocycles. The Morgan fingerprint density at radius 2 is 1.80 bits per heavy atom. The highest BCUT2D eigenvalue weighted by Gasteiger charge is 2.22. The lowest BCUT2D eigenvalue weighted by Gasteiger charge is -2.22. The molecule has 0 saturated heterocycles. The van der Waals surface area contributed by atoms with Gasteiger partial charge in [0.05, 0.1) is 4.83 Å². The van der Waals surface area contributed by atoms with Gasteiger partial charge in [-0.3, -0.25) is 4.79 Å². The Bertz CT molecular complexity index is 361. The summed E-state index contributed by atoms with van der Waals surface area (Å²) in [6, 6.07) is 7.83. The maximum atomic E-state index is 12.0. The Balaban J connectivity index is 3.25. The van der Waals surface area contributed by atoms with Crippen LogP contribution in [0.1, 0.15) is 43.6 Å². The van der Waals surface area contributed by atoms with Crippen LogP contribution in [0.5, 0.6) is 0 Å². The summed E-state index contributed by atoms with van der Waals surface area (Å²) in [7, 11) is 0. The van der Waals surface area contributed by atoms with Crippen LogP contribution in [0, 0.1) is 0 Å². The molecule has 1 nitrogen and oxygen atoms in total. The number of carbonyl (C=O) groups excluding carboxylic acids is 1. The van der Waals surface area contributed by atoms with E-state index in [-0.39, 0.29) is 16.0 Å². The van der Waals surface area contributed by atoms with Crippen molar-refractivity contribution >= 4 is 21.7 Å². The highest BCUT2D eigenvalue weighted by Crippen LogP contribution is 2.27. The third-order valence-electron chi connectivity index (χ3n) is 2.36. The molecule has 1 atom stereocenters. The first kappa shape index (κ1) is 12.4. The summed E-state index contributed by atoms with van der Waals surface area (Å²) in [4.78, 5) is 11.8. The molecule has 0 aromatic heterocycles. The number of alkyl halides is 1. The van der Waals surface area contributed by atoms with E-state index in [0.29, 0.717) is 0 Å². The van der Waals surface area contributed by atoms with Crippen molar-refractivity contribution < 1.29 is 4.79 Å². The fourth-order valence-corrected chi connectivity index (χ4v) is 1.81. The summed E-state index contributed by atoms with van der Waals surface area (Å²) in [6.45, 7) is 8.23. The molecule has 82 valence electrons. The monoisotopic (exact) mass is 268 g/mol. The number of Topliss-reactive ketones (excluding diaryl/α,β-unsaturated/α-hetero) is 1. The standard InChI is InChI=1S/C13H17BrO/c1-9(14)12(15)10-7-5-6-8-11(10)13(2,3)4/h5-9H,1-4H3. The average Bonchev–Trinajstić information content (AvgIpc) is 2.15. The van der Waals surface area contributed by atoms with E-state index in [9.17, 15) is 4.79 Å². The second-order valence-corrected chi connectivity index (χ2v) is 6.15. The van der Waals surface area contributed by atoms with Crippen LogP contribution in [0.2, 0.25) is 0 Å². The van der Waals surface area contributed by atoms with Crippen molar-refractivity contribution in [2.24, 2.45) is 0 Å². The Labute approximate surface area is 100 Å². The number of ketones is 1. The summed E-state index contributed by atoms with van der Waals surface area (Å²) in [6.07, 6.45) is 0. The fraction of sp³-hybridized carbons (Fsp3) is 0.462. The molecule has 0 radical (unpaired) electrons. The van der Waals surface area contributed by atoms with Crippen molar-refractivity contribution in [3.63, 3.8) is 0 Å². The summed E-state index contributed by atoms with van der Waals surface area (Å²) < 4.78 is 0. The lowest BCUT2D eigenvalue weighted by molar-refractivity contribution is 0.0993. The van der Waals surface area contributed by atoms with Crippen LogP contribution in [0.25, 0.3) is 0 Å². The Morgan fingerprint density at radius 3 is 2.27 bits per heavy atom. The fourth-order valence-electron chi connectivity index (χ4n) is 1.57. The lowest BCUT2D eigenvalue weighted by Crippen LogP contribution is -2.20. The summed E-state index contributed by atoms with van der Waals surface area (Å²) in [5.41, 5.74) is 1.95. The van der Waals surface area contributed by atoms with Gasteiger partial charge >= 0.3 is 0 Å². The maximum Gasteiger partial charge on any atom is 0.176 e. The van der Waals surface area contributed by atoms with E-state index in [1.165, 1.54) is 0 Å². The van der Waals surface area contributed by atoms with Crippen molar-refractivity contribution in [2.45, 2.75) is 37.9 Å². The van der Waals surface area contributed by atoms with Gasteiger partial charge in [0, 0.05) is 5.56 Å². The van der Waals surface area contributed by atoms with E-state index >= 15 is 0 Å². The predicted octanol–water partition coefficient (Wildman–Crippen LogP) is 3.95. The number of rotatable bonds is 2. The molecule has 2 heteroatoms. The molecule has 0 N–H and O–H groups in total. The second kappa shape index (κ2) is 4.48. The van der Waals surface area contributed by atoms with Gasteiger partial charge in [0.25, 0.3) is 0 Å². The third kappa shape index (κ3) is 2.91. The van der Waals surface area contributed by atoms with E-state index in [1.54, 1.807) is 0 Å². The average molecular weight is 269 g/mol. The quantitative estimate of drug-likeness (QED) is 0.587. The minimum Gasteiger partial charge on any atom is -0.293 e. The Morgan fingerprint density at radius 1 is 1.27 bits per heavy atom. The van der Waals surface area contributed by atoms with Crippen molar-refractivity contribution in [1.82, 2.24) is 0 Å². The van der Waals surface area contributed by atoms with Gasteiger partial charge in [-0.1, -0.05) is 61.0 Å². The molecule has 0 saturated carbocycles. The topological polar surface area (TPSA) is 17.1 Å². The molecular formula is C13H17BrO. The van der Waals surface area contributed by atoms with Gasteiger partial charge in [-0.05, 0) is 17.9 Å². The largest absolute Gasteiger partial charge is 0.293 e. The molecule has 1 rings (SSSR count). The van der Waals surface area contributed by atoms with E-state index in [1.807, 2.05) is 31.2 Å². The molecule has 0 aliphatic heterocycles. The van der Waals surface area contributed by atoms with Crippen LogP contribution in [0.3, 0.4) is 0 Å². The molecule has 0 heterocycles. The minimum absolute atomic E-state index is 0.00808. The molecule has 1 aromatic rings. The Kier molecular flexibility index (Phi) is 3.72. The SMILES string of the molecule is CC(Br)C(=O)c1ccccc1C(C)(C)C. The number of hydrogen-bond acceptors (Lipinski definition) is 1. The van der Waals surface area contributed by atoms with Crippen LogP contribution in [-0.2, 0) is 5.41 Å². The molecular weight excluding hydrogens is 252 g/mol. The second-order valence-electron chi connectivity index (χ2n) is 4.78. The normalized spacial score (nSPS) is 13.7. The molecule has 0 bridgehead atoms. The number of carbonyl (C=O) groups is 1. The Hall–Kier alpha value is -0.630. The zero-order chi connectivity index (χ0) is 11.6. The minimum atomic E-state index is -0.124. The molecule has 0 fully saturated rings. The van der Waals surface area contributed by atoms with Crippen LogP contribution < -0.4 is 0 Å². The number of halogens is 1. The number of benzene rings is 1. The summed E-state index contributed by atoms with van der Waals surface area (Å²) in [5.74, 6) is 0.153.